The van der Waals surface area contributed by atoms with Crippen LogP contribution in [-0.2, 0) is 6.42 Å². The van der Waals surface area contributed by atoms with Gasteiger partial charge in [-0.3, -0.25) is 0 Å². The topological polar surface area (TPSA) is 35.2 Å². The highest BCUT2D eigenvalue weighted by Crippen LogP contribution is 2.28. The van der Waals surface area contributed by atoms with Gasteiger partial charge in [-0.2, -0.15) is 0 Å². The Kier molecular flexibility index (Phi) is 5.37. The molecule has 1 aromatic rings. The molecule has 0 radical (unpaired) electrons. The fourth-order valence-corrected chi connectivity index (χ4v) is 2.15. The Morgan fingerprint density at radius 1 is 1.44 bits per heavy atom. The highest BCUT2D eigenvalue weighted by atomic mass is 79.9. The van der Waals surface area contributed by atoms with Crippen molar-refractivity contribution in [2.75, 3.05) is 13.2 Å². The van der Waals surface area contributed by atoms with Crippen LogP contribution in [0.15, 0.2) is 16.6 Å². The van der Waals surface area contributed by atoms with E-state index >= 15 is 0 Å². The summed E-state index contributed by atoms with van der Waals surface area (Å²) in [6.07, 6.45) is 0.815. The summed E-state index contributed by atoms with van der Waals surface area (Å²) in [4.78, 5) is 0. The lowest BCUT2D eigenvalue weighted by Gasteiger charge is -2.12. The smallest absolute Gasteiger partial charge is 0.149 e. The summed E-state index contributed by atoms with van der Waals surface area (Å²) in [5, 5.41) is 0. The van der Waals surface area contributed by atoms with Crippen LogP contribution in [0.4, 0.5) is 0 Å². The Hall–Kier alpha value is -0.980. The van der Waals surface area contributed by atoms with Crippen LogP contribution in [-0.4, -0.2) is 13.2 Å². The lowest BCUT2D eigenvalue weighted by atomic mass is 10.1. The minimum atomic E-state index is 0.427. The normalized spacial score (nSPS) is 9.50. The van der Waals surface area contributed by atoms with Crippen LogP contribution >= 0.6 is 15.9 Å². The lowest BCUT2D eigenvalue weighted by molar-refractivity contribution is 0.363. The third-order valence-electron chi connectivity index (χ3n) is 2.20. The van der Waals surface area contributed by atoms with E-state index in [0.717, 1.165) is 27.8 Å². The number of hydrogen-bond donors (Lipinski definition) is 1. The van der Waals surface area contributed by atoms with Crippen LogP contribution in [0.2, 0.25) is 0 Å². The van der Waals surface area contributed by atoms with E-state index in [1.54, 1.807) is 6.92 Å². The monoisotopic (exact) mass is 281 g/mol. The molecule has 2 nitrogen and oxygen atoms in total. The molecule has 3 heteroatoms. The zero-order chi connectivity index (χ0) is 12.0. The van der Waals surface area contributed by atoms with Gasteiger partial charge >= 0.3 is 0 Å². The Morgan fingerprint density at radius 2 is 2.19 bits per heavy atom. The van der Waals surface area contributed by atoms with E-state index in [0.29, 0.717) is 13.2 Å². The Bertz CT molecular complexity index is 418. The number of nitrogens with two attached hydrogens (primary N) is 1. The summed E-state index contributed by atoms with van der Waals surface area (Å²) in [5.41, 5.74) is 7.82. The standard InChI is InChI=1S/C13H16BrNO/c1-3-4-7-16-13-10(2)8-12(14)9-11(13)5-6-15/h8-9H,5-7,15H2,1-2H3. The van der Waals surface area contributed by atoms with Gasteiger partial charge in [-0.15, -0.1) is 5.92 Å². The van der Waals surface area contributed by atoms with Gasteiger partial charge in [-0.25, -0.2) is 0 Å². The molecule has 2 N–H and O–H groups in total. The number of rotatable bonds is 4. The summed E-state index contributed by atoms with van der Waals surface area (Å²) in [5.74, 6) is 6.62. The van der Waals surface area contributed by atoms with Crippen molar-refractivity contribution in [1.29, 1.82) is 0 Å². The Morgan fingerprint density at radius 3 is 2.81 bits per heavy atom. The predicted octanol–water partition coefficient (Wildman–Crippen LogP) is 2.66. The summed E-state index contributed by atoms with van der Waals surface area (Å²) in [6, 6.07) is 4.09. The molecule has 0 saturated carbocycles. The molecule has 0 aliphatic rings. The molecule has 0 bridgehead atoms. The van der Waals surface area contributed by atoms with Crippen LogP contribution in [0.1, 0.15) is 18.1 Å². The minimum absolute atomic E-state index is 0.427. The first kappa shape index (κ1) is 13.1. The molecule has 1 rings (SSSR count). The van der Waals surface area contributed by atoms with E-state index in [1.165, 1.54) is 0 Å². The zero-order valence-electron chi connectivity index (χ0n) is 9.64. The number of benzene rings is 1. The van der Waals surface area contributed by atoms with Crippen molar-refractivity contribution in [2.45, 2.75) is 20.3 Å². The average molecular weight is 282 g/mol. The van der Waals surface area contributed by atoms with Gasteiger partial charge in [-0.1, -0.05) is 21.9 Å². The van der Waals surface area contributed by atoms with Gasteiger partial charge in [-0.05, 0) is 50.1 Å². The Balaban J connectivity index is 2.96. The van der Waals surface area contributed by atoms with Crippen LogP contribution in [0.25, 0.3) is 0 Å². The average Bonchev–Trinajstić information content (AvgIpc) is 2.22. The first-order valence-corrected chi connectivity index (χ1v) is 5.99. The summed E-state index contributed by atoms with van der Waals surface area (Å²) in [6.45, 7) is 4.88. The number of ether oxygens (including phenoxy) is 1. The molecule has 0 amide bonds. The molecule has 16 heavy (non-hydrogen) atoms. The third kappa shape index (κ3) is 3.55. The molecule has 0 atom stereocenters. The van der Waals surface area contributed by atoms with Crippen LogP contribution < -0.4 is 10.5 Å². The second-order valence-electron chi connectivity index (χ2n) is 3.47. The fraction of sp³-hybridized carbons (Fsp3) is 0.385. The van der Waals surface area contributed by atoms with Crippen LogP contribution in [0.5, 0.6) is 5.75 Å². The molecule has 86 valence electrons. The quantitative estimate of drug-likeness (QED) is 0.862. The van der Waals surface area contributed by atoms with Gasteiger partial charge < -0.3 is 10.5 Å². The molecule has 0 spiro atoms. The molecule has 1 aromatic carbocycles. The SMILES string of the molecule is CC#CCOc1c(C)cc(Br)cc1CCN. The maximum atomic E-state index is 5.67. The molecule has 0 aromatic heterocycles. The largest absolute Gasteiger partial charge is 0.480 e. The van der Waals surface area contributed by atoms with Gasteiger partial charge in [0.1, 0.15) is 12.4 Å². The summed E-state index contributed by atoms with van der Waals surface area (Å²) >= 11 is 3.47. The lowest BCUT2D eigenvalue weighted by Crippen LogP contribution is -2.06. The van der Waals surface area contributed by atoms with Crippen molar-refractivity contribution in [3.63, 3.8) is 0 Å². The molecule has 0 fully saturated rings. The minimum Gasteiger partial charge on any atom is -0.480 e. The van der Waals surface area contributed by atoms with Crippen molar-refractivity contribution < 1.29 is 4.74 Å². The van der Waals surface area contributed by atoms with E-state index in [-0.39, 0.29) is 0 Å². The molecule has 0 saturated heterocycles. The van der Waals surface area contributed by atoms with Gasteiger partial charge in [0, 0.05) is 4.47 Å². The first-order valence-electron chi connectivity index (χ1n) is 5.20. The second kappa shape index (κ2) is 6.57. The molecular weight excluding hydrogens is 266 g/mol. The number of aryl methyl sites for hydroxylation is 1. The highest BCUT2D eigenvalue weighted by molar-refractivity contribution is 9.10. The second-order valence-corrected chi connectivity index (χ2v) is 4.38. The number of hydrogen-bond acceptors (Lipinski definition) is 2. The maximum Gasteiger partial charge on any atom is 0.149 e. The van der Waals surface area contributed by atoms with E-state index < -0.39 is 0 Å². The predicted molar refractivity (Wildman–Crippen MR) is 70.6 cm³/mol. The van der Waals surface area contributed by atoms with E-state index in [2.05, 4.69) is 33.8 Å². The molecule has 0 heterocycles. The molecule has 0 unspecified atom stereocenters. The molecular formula is C13H16BrNO. The van der Waals surface area contributed by atoms with Crippen molar-refractivity contribution >= 4 is 15.9 Å². The van der Waals surface area contributed by atoms with Crippen molar-refractivity contribution in [2.24, 2.45) is 5.73 Å². The summed E-state index contributed by atoms with van der Waals surface area (Å²) in [7, 11) is 0. The number of halogens is 1. The fourth-order valence-electron chi connectivity index (χ4n) is 1.53. The van der Waals surface area contributed by atoms with Gasteiger partial charge in [0.05, 0.1) is 0 Å². The van der Waals surface area contributed by atoms with Gasteiger partial charge in [0.15, 0.2) is 0 Å². The van der Waals surface area contributed by atoms with Crippen LogP contribution in [0.3, 0.4) is 0 Å². The van der Waals surface area contributed by atoms with Crippen molar-refractivity contribution in [1.82, 2.24) is 0 Å². The van der Waals surface area contributed by atoms with Gasteiger partial charge in [0.25, 0.3) is 0 Å². The maximum absolute atomic E-state index is 5.67. The van der Waals surface area contributed by atoms with Crippen LogP contribution in [0, 0.1) is 18.8 Å². The van der Waals surface area contributed by atoms with E-state index in [9.17, 15) is 0 Å². The summed E-state index contributed by atoms with van der Waals surface area (Å²) < 4.78 is 6.72. The Labute approximate surface area is 105 Å². The third-order valence-corrected chi connectivity index (χ3v) is 2.65. The van der Waals surface area contributed by atoms with E-state index in [1.807, 2.05) is 13.0 Å². The zero-order valence-corrected chi connectivity index (χ0v) is 11.2. The highest BCUT2D eigenvalue weighted by Gasteiger charge is 2.07. The van der Waals surface area contributed by atoms with Crippen molar-refractivity contribution in [3.8, 4) is 17.6 Å². The van der Waals surface area contributed by atoms with E-state index in [4.69, 9.17) is 10.5 Å². The molecule has 0 aliphatic carbocycles. The molecule has 0 aliphatic heterocycles. The first-order chi connectivity index (χ1) is 7.69. The van der Waals surface area contributed by atoms with Gasteiger partial charge in [0.2, 0.25) is 0 Å². The van der Waals surface area contributed by atoms with Crippen molar-refractivity contribution in [3.05, 3.63) is 27.7 Å².